The Morgan fingerprint density at radius 3 is 2.94 bits per heavy atom. The largest absolute Gasteiger partial charge is 0.407 e. The molecule has 2 aromatic heterocycles. The molecule has 0 saturated carbocycles. The van der Waals surface area contributed by atoms with Crippen molar-refractivity contribution in [3.8, 4) is 0 Å². The molecule has 0 aliphatic carbocycles. The smallest absolute Gasteiger partial charge is 0.318 e. The van der Waals surface area contributed by atoms with E-state index in [0.29, 0.717) is 11.9 Å². The molecule has 0 N–H and O–H groups in total. The van der Waals surface area contributed by atoms with Crippen molar-refractivity contribution in [3.63, 3.8) is 0 Å². The van der Waals surface area contributed by atoms with Crippen molar-refractivity contribution < 1.29 is 4.42 Å². The normalized spacial score (nSPS) is 10.7. The fourth-order valence-electron chi connectivity index (χ4n) is 1.22. The summed E-state index contributed by atoms with van der Waals surface area (Å²) in [4.78, 5) is 1.89. The summed E-state index contributed by atoms with van der Waals surface area (Å²) in [7, 11) is 1.90. The molecule has 7 heteroatoms. The molecule has 16 heavy (non-hydrogen) atoms. The van der Waals surface area contributed by atoms with Gasteiger partial charge in [-0.05, 0) is 32.9 Å². The van der Waals surface area contributed by atoms with Crippen molar-refractivity contribution >= 4 is 44.9 Å². The Kier molecular flexibility index (Phi) is 3.83. The predicted molar refractivity (Wildman–Crippen MR) is 68.0 cm³/mol. The van der Waals surface area contributed by atoms with E-state index in [1.807, 2.05) is 11.9 Å². The average Bonchev–Trinajstić information content (AvgIpc) is 2.87. The van der Waals surface area contributed by atoms with Crippen LogP contribution in [-0.4, -0.2) is 17.2 Å². The standard InChI is InChI=1S/C9H9BrClN3OS/c1-14(4-6-2-7(10)16-5-6)9-13-12-8(3-11)15-9/h2,5H,3-4H2,1H3. The minimum Gasteiger partial charge on any atom is -0.407 e. The van der Waals surface area contributed by atoms with E-state index in [1.165, 1.54) is 5.56 Å². The number of alkyl halides is 1. The van der Waals surface area contributed by atoms with Crippen molar-refractivity contribution in [2.75, 3.05) is 11.9 Å². The fourth-order valence-corrected chi connectivity index (χ4v) is 2.53. The molecule has 0 spiro atoms. The van der Waals surface area contributed by atoms with Gasteiger partial charge in [-0.2, -0.15) is 0 Å². The summed E-state index contributed by atoms with van der Waals surface area (Å²) in [6.07, 6.45) is 0. The number of anilines is 1. The van der Waals surface area contributed by atoms with Crippen molar-refractivity contribution in [1.82, 2.24) is 10.2 Å². The zero-order chi connectivity index (χ0) is 11.5. The van der Waals surface area contributed by atoms with Crippen molar-refractivity contribution in [2.45, 2.75) is 12.4 Å². The first-order valence-electron chi connectivity index (χ1n) is 4.51. The lowest BCUT2D eigenvalue weighted by Crippen LogP contribution is -2.16. The Balaban J connectivity index is 2.05. The van der Waals surface area contributed by atoms with Gasteiger partial charge in [0.1, 0.15) is 5.88 Å². The molecule has 2 rings (SSSR count). The van der Waals surface area contributed by atoms with Gasteiger partial charge in [0.25, 0.3) is 0 Å². The van der Waals surface area contributed by atoms with Crippen molar-refractivity contribution in [2.24, 2.45) is 0 Å². The summed E-state index contributed by atoms with van der Waals surface area (Å²) < 4.78 is 6.45. The summed E-state index contributed by atoms with van der Waals surface area (Å²) in [5, 5.41) is 9.79. The number of thiophene rings is 1. The molecule has 2 heterocycles. The highest BCUT2D eigenvalue weighted by atomic mass is 79.9. The molecule has 0 atom stereocenters. The molecular formula is C9H9BrClN3OS. The molecule has 0 aliphatic rings. The van der Waals surface area contributed by atoms with Crippen LogP contribution in [0.3, 0.4) is 0 Å². The SMILES string of the molecule is CN(Cc1csc(Br)c1)c1nnc(CCl)o1. The van der Waals surface area contributed by atoms with Gasteiger partial charge >= 0.3 is 6.01 Å². The number of aromatic nitrogens is 2. The van der Waals surface area contributed by atoms with Gasteiger partial charge < -0.3 is 9.32 Å². The van der Waals surface area contributed by atoms with Crippen LogP contribution in [0.25, 0.3) is 0 Å². The molecule has 0 bridgehead atoms. The molecule has 2 aromatic rings. The van der Waals surface area contributed by atoms with Gasteiger partial charge in [-0.15, -0.1) is 28.0 Å². The molecule has 0 saturated heterocycles. The van der Waals surface area contributed by atoms with E-state index in [4.69, 9.17) is 16.0 Å². The van der Waals surface area contributed by atoms with Gasteiger partial charge in [-0.1, -0.05) is 5.10 Å². The lowest BCUT2D eigenvalue weighted by Gasteiger charge is -2.11. The van der Waals surface area contributed by atoms with E-state index in [0.717, 1.165) is 10.3 Å². The van der Waals surface area contributed by atoms with E-state index < -0.39 is 0 Å². The molecule has 0 aromatic carbocycles. The fraction of sp³-hybridized carbons (Fsp3) is 0.333. The highest BCUT2D eigenvalue weighted by Gasteiger charge is 2.11. The number of halogens is 2. The summed E-state index contributed by atoms with van der Waals surface area (Å²) in [6, 6.07) is 2.55. The third kappa shape index (κ3) is 2.75. The molecule has 0 unspecified atom stereocenters. The first-order chi connectivity index (χ1) is 7.69. The zero-order valence-electron chi connectivity index (χ0n) is 8.48. The minimum absolute atomic E-state index is 0.241. The minimum atomic E-state index is 0.241. The predicted octanol–water partition coefficient (Wildman–Crippen LogP) is 3.27. The summed E-state index contributed by atoms with van der Waals surface area (Å²) >= 11 is 10.7. The molecule has 0 fully saturated rings. The first kappa shape index (κ1) is 11.9. The van der Waals surface area contributed by atoms with Gasteiger partial charge in [0, 0.05) is 13.6 Å². The number of rotatable bonds is 4. The Labute approximate surface area is 110 Å². The van der Waals surface area contributed by atoms with Crippen LogP contribution in [0, 0.1) is 0 Å². The maximum absolute atomic E-state index is 5.59. The maximum atomic E-state index is 5.59. The number of nitrogens with zero attached hydrogens (tertiary/aromatic N) is 3. The molecule has 0 amide bonds. The van der Waals surface area contributed by atoms with E-state index in [-0.39, 0.29) is 5.88 Å². The van der Waals surface area contributed by atoms with E-state index in [2.05, 4.69) is 37.6 Å². The Morgan fingerprint density at radius 2 is 2.38 bits per heavy atom. The summed E-state index contributed by atoms with van der Waals surface area (Å²) in [6.45, 7) is 0.728. The van der Waals surface area contributed by atoms with Gasteiger partial charge in [0.2, 0.25) is 5.89 Å². The highest BCUT2D eigenvalue weighted by molar-refractivity contribution is 9.11. The van der Waals surface area contributed by atoms with Crippen LogP contribution in [0.2, 0.25) is 0 Å². The molecule has 4 nitrogen and oxygen atoms in total. The second-order valence-corrected chi connectivity index (χ2v) is 5.78. The first-order valence-corrected chi connectivity index (χ1v) is 6.72. The van der Waals surface area contributed by atoms with Crippen molar-refractivity contribution in [3.05, 3.63) is 26.7 Å². The van der Waals surface area contributed by atoms with Crippen LogP contribution in [-0.2, 0) is 12.4 Å². The lowest BCUT2D eigenvalue weighted by atomic mass is 10.3. The molecular weight excluding hydrogens is 314 g/mol. The Hall–Kier alpha value is -0.590. The second kappa shape index (κ2) is 5.16. The molecule has 0 radical (unpaired) electrons. The topological polar surface area (TPSA) is 42.2 Å². The van der Waals surface area contributed by atoms with Crippen molar-refractivity contribution in [1.29, 1.82) is 0 Å². The Morgan fingerprint density at radius 1 is 1.56 bits per heavy atom. The molecule has 0 aliphatic heterocycles. The maximum Gasteiger partial charge on any atom is 0.318 e. The third-order valence-electron chi connectivity index (χ3n) is 1.94. The zero-order valence-corrected chi connectivity index (χ0v) is 11.6. The van der Waals surface area contributed by atoms with Crippen LogP contribution in [0.4, 0.5) is 6.01 Å². The average molecular weight is 323 g/mol. The van der Waals surface area contributed by atoms with Gasteiger partial charge in [0.05, 0.1) is 3.79 Å². The third-order valence-corrected chi connectivity index (χ3v) is 3.72. The summed E-state index contributed by atoms with van der Waals surface area (Å²) in [5.74, 6) is 0.681. The van der Waals surface area contributed by atoms with E-state index in [9.17, 15) is 0 Å². The second-order valence-electron chi connectivity index (χ2n) is 3.23. The van der Waals surface area contributed by atoms with Crippen LogP contribution < -0.4 is 4.90 Å². The number of hydrogen-bond acceptors (Lipinski definition) is 5. The van der Waals surface area contributed by atoms with Crippen LogP contribution >= 0.6 is 38.9 Å². The van der Waals surface area contributed by atoms with Crippen LogP contribution in [0.15, 0.2) is 19.6 Å². The summed E-state index contributed by atoms with van der Waals surface area (Å²) in [5.41, 5.74) is 1.20. The van der Waals surface area contributed by atoms with Gasteiger partial charge in [0.15, 0.2) is 0 Å². The van der Waals surface area contributed by atoms with Crippen LogP contribution in [0.5, 0.6) is 0 Å². The Bertz CT molecular complexity index is 473. The van der Waals surface area contributed by atoms with Crippen LogP contribution in [0.1, 0.15) is 11.5 Å². The lowest BCUT2D eigenvalue weighted by molar-refractivity contribution is 0.506. The number of hydrogen-bond donors (Lipinski definition) is 0. The van der Waals surface area contributed by atoms with Gasteiger partial charge in [-0.3, -0.25) is 0 Å². The molecule has 86 valence electrons. The van der Waals surface area contributed by atoms with E-state index >= 15 is 0 Å². The monoisotopic (exact) mass is 321 g/mol. The van der Waals surface area contributed by atoms with E-state index in [1.54, 1.807) is 11.3 Å². The van der Waals surface area contributed by atoms with Gasteiger partial charge in [-0.25, -0.2) is 0 Å². The highest BCUT2D eigenvalue weighted by Crippen LogP contribution is 2.23. The quantitative estimate of drug-likeness (QED) is 0.810.